The maximum atomic E-state index is 13.4. The first-order valence-corrected chi connectivity index (χ1v) is 8.70. The van der Waals surface area contributed by atoms with Crippen LogP contribution < -0.4 is 10.9 Å². The molecule has 2 aromatic heterocycles. The molecule has 0 unspecified atom stereocenters. The Balaban J connectivity index is 1.64. The third-order valence-electron chi connectivity index (χ3n) is 4.37. The fraction of sp³-hybridized carbons (Fsp3) is 0.100. The molecule has 0 aliphatic carbocycles. The first-order chi connectivity index (χ1) is 13.9. The van der Waals surface area contributed by atoms with E-state index in [1.807, 2.05) is 0 Å². The molecule has 2 aromatic carbocycles. The molecule has 0 aliphatic rings. The molecule has 7 nitrogen and oxygen atoms in total. The Morgan fingerprint density at radius 2 is 1.90 bits per heavy atom. The first-order valence-electron chi connectivity index (χ1n) is 8.70. The van der Waals surface area contributed by atoms with Gasteiger partial charge in [-0.1, -0.05) is 0 Å². The molecule has 146 valence electrons. The highest BCUT2D eigenvalue weighted by molar-refractivity contribution is 5.92. The van der Waals surface area contributed by atoms with Gasteiger partial charge in [0.25, 0.3) is 5.56 Å². The average molecular weight is 395 g/mol. The molecule has 29 heavy (non-hydrogen) atoms. The van der Waals surface area contributed by atoms with Crippen LogP contribution in [-0.4, -0.2) is 25.7 Å². The van der Waals surface area contributed by atoms with Crippen LogP contribution in [-0.2, 0) is 11.2 Å². The Morgan fingerprint density at radius 3 is 2.62 bits per heavy atom. The number of benzene rings is 2. The van der Waals surface area contributed by atoms with Crippen LogP contribution in [0.3, 0.4) is 0 Å². The van der Waals surface area contributed by atoms with Crippen molar-refractivity contribution in [1.29, 1.82) is 0 Å². The van der Waals surface area contributed by atoms with Gasteiger partial charge >= 0.3 is 0 Å². The van der Waals surface area contributed by atoms with Crippen LogP contribution in [0.2, 0.25) is 0 Å². The molecule has 0 atom stereocenters. The normalized spacial score (nSPS) is 11.0. The predicted molar refractivity (Wildman–Crippen MR) is 102 cm³/mol. The molecule has 0 bridgehead atoms. The van der Waals surface area contributed by atoms with Gasteiger partial charge in [0, 0.05) is 11.3 Å². The number of carbonyl (C=O) groups excluding carboxylic acids is 1. The molecule has 0 saturated heterocycles. The number of halogens is 2. The second-order valence-corrected chi connectivity index (χ2v) is 6.49. The Morgan fingerprint density at radius 1 is 1.14 bits per heavy atom. The minimum absolute atomic E-state index is 0.172. The number of aryl methyl sites for hydroxylation is 1. The molecular formula is C20H15F2N5O2. The summed E-state index contributed by atoms with van der Waals surface area (Å²) in [5.74, 6) is -0.942. The van der Waals surface area contributed by atoms with E-state index in [9.17, 15) is 18.4 Å². The minimum atomic E-state index is -0.468. The van der Waals surface area contributed by atoms with Crippen molar-refractivity contribution in [3.63, 3.8) is 0 Å². The minimum Gasteiger partial charge on any atom is -0.326 e. The second kappa shape index (κ2) is 7.27. The lowest BCUT2D eigenvalue weighted by Crippen LogP contribution is -2.22. The maximum Gasteiger partial charge on any atom is 0.290 e. The number of nitrogens with zero attached hydrogens (tertiary/aromatic N) is 3. The highest BCUT2D eigenvalue weighted by atomic mass is 19.1. The standard InChI is InChI=1S/C20H15F2N5O2/c1-11-8-14(6-7-15(11)22)23-19(28)10-18-24-25-20(29)17-9-16(26-27(17)18)12-2-4-13(21)5-3-12/h2-9H,10H2,1H3,(H,23,28)(H,25,29). The smallest absolute Gasteiger partial charge is 0.290 e. The maximum absolute atomic E-state index is 13.4. The molecule has 0 fully saturated rings. The number of aromatic amines is 1. The number of H-pyrrole nitrogens is 1. The van der Waals surface area contributed by atoms with Gasteiger partial charge in [-0.2, -0.15) is 10.2 Å². The lowest BCUT2D eigenvalue weighted by molar-refractivity contribution is -0.115. The van der Waals surface area contributed by atoms with Crippen molar-refractivity contribution in [2.75, 3.05) is 5.32 Å². The summed E-state index contributed by atoms with van der Waals surface area (Å²) >= 11 is 0. The number of carbonyl (C=O) groups is 1. The van der Waals surface area contributed by atoms with Crippen molar-refractivity contribution < 1.29 is 13.6 Å². The van der Waals surface area contributed by atoms with Crippen molar-refractivity contribution in [1.82, 2.24) is 19.8 Å². The zero-order chi connectivity index (χ0) is 20.5. The monoisotopic (exact) mass is 395 g/mol. The van der Waals surface area contributed by atoms with E-state index in [1.165, 1.54) is 34.8 Å². The molecule has 4 aromatic rings. The van der Waals surface area contributed by atoms with Gasteiger partial charge in [-0.05, 0) is 61.0 Å². The number of fused-ring (bicyclic) bond motifs is 1. The molecule has 0 spiro atoms. The molecule has 2 N–H and O–H groups in total. The summed E-state index contributed by atoms with van der Waals surface area (Å²) < 4.78 is 27.8. The fourth-order valence-corrected chi connectivity index (χ4v) is 2.91. The summed E-state index contributed by atoms with van der Waals surface area (Å²) in [6, 6.07) is 11.5. The van der Waals surface area contributed by atoms with Crippen LogP contribution in [0.5, 0.6) is 0 Å². The van der Waals surface area contributed by atoms with E-state index in [-0.39, 0.29) is 29.4 Å². The van der Waals surface area contributed by atoms with Crippen LogP contribution in [0.25, 0.3) is 16.8 Å². The topological polar surface area (TPSA) is 92.1 Å². The van der Waals surface area contributed by atoms with Gasteiger partial charge in [-0.25, -0.2) is 18.4 Å². The van der Waals surface area contributed by atoms with Gasteiger partial charge in [0.2, 0.25) is 5.91 Å². The number of amides is 1. The van der Waals surface area contributed by atoms with Crippen LogP contribution in [0.4, 0.5) is 14.5 Å². The van der Waals surface area contributed by atoms with Crippen molar-refractivity contribution in [2.24, 2.45) is 0 Å². The van der Waals surface area contributed by atoms with E-state index >= 15 is 0 Å². The van der Waals surface area contributed by atoms with Crippen molar-refractivity contribution >= 4 is 17.1 Å². The number of nitrogens with one attached hydrogen (secondary N) is 2. The lowest BCUT2D eigenvalue weighted by Gasteiger charge is -2.07. The van der Waals surface area contributed by atoms with Crippen LogP contribution in [0, 0.1) is 18.6 Å². The van der Waals surface area contributed by atoms with Crippen LogP contribution in [0.1, 0.15) is 11.4 Å². The Bertz CT molecular complexity index is 1280. The Hall–Kier alpha value is -3.88. The van der Waals surface area contributed by atoms with E-state index in [4.69, 9.17) is 0 Å². The molecule has 0 aliphatic heterocycles. The summed E-state index contributed by atoms with van der Waals surface area (Å²) in [5.41, 5.74) is 1.65. The molecule has 2 heterocycles. The lowest BCUT2D eigenvalue weighted by atomic mass is 10.1. The second-order valence-electron chi connectivity index (χ2n) is 6.49. The van der Waals surface area contributed by atoms with Gasteiger partial charge in [0.1, 0.15) is 17.2 Å². The molecule has 0 radical (unpaired) electrons. The SMILES string of the molecule is Cc1cc(NC(=O)Cc2n[nH]c(=O)c3cc(-c4ccc(F)cc4)nn23)ccc1F. The van der Waals surface area contributed by atoms with Gasteiger partial charge in [0.15, 0.2) is 5.82 Å². The Kier molecular flexibility index (Phi) is 4.63. The molecule has 4 rings (SSSR count). The fourth-order valence-electron chi connectivity index (χ4n) is 2.91. The van der Waals surface area contributed by atoms with Gasteiger partial charge in [0.05, 0.1) is 12.1 Å². The summed E-state index contributed by atoms with van der Waals surface area (Å²) in [6.07, 6.45) is -0.172. The third kappa shape index (κ3) is 3.75. The van der Waals surface area contributed by atoms with Gasteiger partial charge in [-0.3, -0.25) is 9.59 Å². The number of hydrogen-bond donors (Lipinski definition) is 2. The zero-order valence-corrected chi connectivity index (χ0v) is 15.2. The number of rotatable bonds is 4. The van der Waals surface area contributed by atoms with E-state index in [1.54, 1.807) is 25.1 Å². The highest BCUT2D eigenvalue weighted by Crippen LogP contribution is 2.19. The molecule has 0 saturated carbocycles. The van der Waals surface area contributed by atoms with E-state index in [0.29, 0.717) is 22.5 Å². The van der Waals surface area contributed by atoms with E-state index in [2.05, 4.69) is 20.6 Å². The summed E-state index contributed by atoms with van der Waals surface area (Å²) in [5, 5.41) is 13.3. The number of anilines is 1. The average Bonchev–Trinajstić information content (AvgIpc) is 3.14. The zero-order valence-electron chi connectivity index (χ0n) is 15.2. The largest absolute Gasteiger partial charge is 0.326 e. The van der Waals surface area contributed by atoms with E-state index < -0.39 is 11.5 Å². The van der Waals surface area contributed by atoms with Gasteiger partial charge < -0.3 is 5.32 Å². The number of aromatic nitrogens is 4. The Labute approximate surface area is 163 Å². The van der Waals surface area contributed by atoms with E-state index in [0.717, 1.165) is 0 Å². The summed E-state index contributed by atoms with van der Waals surface area (Å²) in [4.78, 5) is 24.5. The van der Waals surface area contributed by atoms with Crippen molar-refractivity contribution in [2.45, 2.75) is 13.3 Å². The number of hydrogen-bond acceptors (Lipinski definition) is 4. The van der Waals surface area contributed by atoms with Crippen molar-refractivity contribution in [3.8, 4) is 11.3 Å². The summed E-state index contributed by atoms with van der Waals surface area (Å²) in [6.45, 7) is 1.60. The van der Waals surface area contributed by atoms with Crippen LogP contribution in [0.15, 0.2) is 53.3 Å². The quantitative estimate of drug-likeness (QED) is 0.556. The van der Waals surface area contributed by atoms with Crippen molar-refractivity contribution in [3.05, 3.63) is 81.9 Å². The summed E-state index contributed by atoms with van der Waals surface area (Å²) in [7, 11) is 0. The third-order valence-corrected chi connectivity index (χ3v) is 4.37. The van der Waals surface area contributed by atoms with Crippen LogP contribution >= 0.6 is 0 Å². The molecular weight excluding hydrogens is 380 g/mol. The predicted octanol–water partition coefficient (Wildman–Crippen LogP) is 2.85. The molecule has 1 amide bonds. The highest BCUT2D eigenvalue weighted by Gasteiger charge is 2.15. The van der Waals surface area contributed by atoms with Gasteiger partial charge in [-0.15, -0.1) is 0 Å². The molecule has 9 heteroatoms. The first kappa shape index (κ1) is 18.5.